The predicted molar refractivity (Wildman–Crippen MR) is 269 cm³/mol. The zero-order valence-corrected chi connectivity index (χ0v) is 42.7. The third-order valence-corrected chi connectivity index (χ3v) is 19.0. The van der Waals surface area contributed by atoms with Crippen LogP contribution in [0.25, 0.3) is 10.9 Å². The lowest BCUT2D eigenvalue weighted by Gasteiger charge is -2.45. The fraction of sp³-hybridized carbons (Fsp3) is 0.528. The highest BCUT2D eigenvalue weighted by Crippen LogP contribution is 2.42. The maximum atomic E-state index is 13.9. The summed E-state index contributed by atoms with van der Waals surface area (Å²) in [5, 5.41) is 17.4. The van der Waals surface area contributed by atoms with Crippen LogP contribution in [-0.4, -0.2) is 121 Å². The Bertz CT molecular complexity index is 2500. The molecule has 2 bridgehead atoms. The molecule has 4 aromatic rings. The van der Waals surface area contributed by atoms with E-state index in [0.717, 1.165) is 43.6 Å². The number of ether oxygens (including phenoxy) is 2. The number of phenols is 1. The van der Waals surface area contributed by atoms with Crippen molar-refractivity contribution in [3.05, 3.63) is 111 Å². The number of rotatable bonds is 15. The van der Waals surface area contributed by atoms with Crippen LogP contribution in [-0.2, 0) is 30.7 Å². The van der Waals surface area contributed by atoms with Crippen LogP contribution in [0.4, 0.5) is 9.59 Å². The molecule has 4 N–H and O–H groups in total. The number of carbonyl (C=O) groups is 4. The predicted octanol–water partition coefficient (Wildman–Crippen LogP) is 8.23. The number of piperidine rings is 4. The number of aromatic nitrogens is 1. The van der Waals surface area contributed by atoms with Gasteiger partial charge >= 0.3 is 12.2 Å². The van der Waals surface area contributed by atoms with E-state index in [-0.39, 0.29) is 65.8 Å². The van der Waals surface area contributed by atoms with Crippen LogP contribution >= 0.6 is 0 Å². The summed E-state index contributed by atoms with van der Waals surface area (Å²) in [6.45, 7) is 20.6. The van der Waals surface area contributed by atoms with Crippen LogP contribution in [0.3, 0.4) is 0 Å². The fourth-order valence-electron chi connectivity index (χ4n) is 9.48. The summed E-state index contributed by atoms with van der Waals surface area (Å²) in [6, 6.07) is 23.3. The normalized spacial score (nSPS) is 19.7. The van der Waals surface area contributed by atoms with Crippen LogP contribution in [0.2, 0.25) is 18.1 Å². The smallest absolute Gasteiger partial charge is 0.410 e. The number of carbonyl (C=O) groups excluding carboxylic acids is 4. The van der Waals surface area contributed by atoms with E-state index in [1.807, 2.05) is 35.2 Å². The van der Waals surface area contributed by atoms with Gasteiger partial charge in [-0.25, -0.2) is 9.59 Å². The number of aromatic hydroxyl groups is 1. The molecule has 4 saturated heterocycles. The van der Waals surface area contributed by atoms with Crippen LogP contribution in [0.1, 0.15) is 107 Å². The number of pyridine rings is 1. The molecule has 2 atom stereocenters. The number of likely N-dealkylation sites (tertiary alicyclic amines) is 1. The van der Waals surface area contributed by atoms with Crippen LogP contribution < -0.4 is 16.2 Å². The third kappa shape index (κ3) is 12.7. The van der Waals surface area contributed by atoms with Crippen LogP contribution in [0, 0.1) is 5.92 Å². The Hall–Kier alpha value is -5.71. The molecule has 15 nitrogen and oxygen atoms in total. The molecule has 4 aliphatic rings. The van der Waals surface area contributed by atoms with Crippen molar-refractivity contribution in [2.45, 2.75) is 122 Å². The Morgan fingerprint density at radius 3 is 2.20 bits per heavy atom. The maximum absolute atomic E-state index is 13.9. The van der Waals surface area contributed by atoms with Gasteiger partial charge in [0.15, 0.2) is 8.32 Å². The van der Waals surface area contributed by atoms with Crippen molar-refractivity contribution >= 4 is 43.2 Å². The topological polar surface area (TPSA) is 183 Å². The van der Waals surface area contributed by atoms with Crippen molar-refractivity contribution in [1.82, 2.24) is 30.3 Å². The molecule has 0 saturated carbocycles. The molecular formula is C53H72N6O9Si. The quantitative estimate of drug-likeness (QED) is 0.0669. The number of alkyl carbamates (subject to hydrolysis) is 1. The molecule has 5 heterocycles. The van der Waals surface area contributed by atoms with Gasteiger partial charge in [-0.1, -0.05) is 69.3 Å². The summed E-state index contributed by atoms with van der Waals surface area (Å²) in [5.74, 6) is 0.0247. The second-order valence-corrected chi connectivity index (χ2v) is 26.4. The molecule has 4 fully saturated rings. The van der Waals surface area contributed by atoms with Gasteiger partial charge in [-0.2, -0.15) is 0 Å². The lowest BCUT2D eigenvalue weighted by molar-refractivity contribution is -0.132. The van der Waals surface area contributed by atoms with Gasteiger partial charge in [-0.15, -0.1) is 0 Å². The molecule has 1 aromatic heterocycles. The van der Waals surface area contributed by atoms with Gasteiger partial charge in [-0.3, -0.25) is 19.3 Å². The van der Waals surface area contributed by atoms with Gasteiger partial charge in [-0.05, 0) is 131 Å². The minimum absolute atomic E-state index is 0.0243. The highest BCUT2D eigenvalue weighted by molar-refractivity contribution is 6.74. The molecule has 372 valence electrons. The average Bonchev–Trinajstić information content (AvgIpc) is 3.30. The molecule has 16 heteroatoms. The molecule has 0 radical (unpaired) electrons. The molecular weight excluding hydrogens is 893 g/mol. The Morgan fingerprint density at radius 1 is 0.899 bits per heavy atom. The number of phenolic OH excluding ortho intramolecular Hbond substituents is 1. The molecule has 0 aliphatic carbocycles. The lowest BCUT2D eigenvalue weighted by atomic mass is 9.80. The first-order valence-corrected chi connectivity index (χ1v) is 27.4. The first kappa shape index (κ1) is 51.1. The number of H-pyrrole nitrogens is 1. The van der Waals surface area contributed by atoms with Crippen molar-refractivity contribution in [3.63, 3.8) is 0 Å². The van der Waals surface area contributed by atoms with E-state index in [0.29, 0.717) is 54.8 Å². The van der Waals surface area contributed by atoms with E-state index in [1.165, 1.54) is 12.1 Å². The second-order valence-electron chi connectivity index (χ2n) is 21.6. The van der Waals surface area contributed by atoms with Gasteiger partial charge < -0.3 is 44.4 Å². The highest BCUT2D eigenvalue weighted by atomic mass is 28.4. The number of fused-ring (bicyclic) bond motifs is 4. The van der Waals surface area contributed by atoms with Crippen molar-refractivity contribution in [2.24, 2.45) is 5.92 Å². The molecule has 0 unspecified atom stereocenters. The zero-order chi connectivity index (χ0) is 49.7. The number of hydrogen-bond acceptors (Lipinski definition) is 10. The molecule has 0 spiro atoms. The van der Waals surface area contributed by atoms with E-state index >= 15 is 0 Å². The first-order valence-electron chi connectivity index (χ1n) is 24.5. The minimum Gasteiger partial charge on any atom is -0.506 e. The van der Waals surface area contributed by atoms with E-state index in [1.54, 1.807) is 62.1 Å². The largest absolute Gasteiger partial charge is 0.506 e. The maximum Gasteiger partial charge on any atom is 0.410 e. The van der Waals surface area contributed by atoms with Gasteiger partial charge in [0, 0.05) is 49.7 Å². The van der Waals surface area contributed by atoms with Gasteiger partial charge in [0.2, 0.25) is 11.5 Å². The summed E-state index contributed by atoms with van der Waals surface area (Å²) >= 11 is 0. The summed E-state index contributed by atoms with van der Waals surface area (Å²) in [6.07, 6.45) is 2.12. The number of benzene rings is 3. The van der Waals surface area contributed by atoms with Crippen molar-refractivity contribution in [1.29, 1.82) is 0 Å². The summed E-state index contributed by atoms with van der Waals surface area (Å²) in [7, 11) is -2.46. The second kappa shape index (κ2) is 21.1. The molecule has 8 rings (SSSR count). The number of amides is 4. The van der Waals surface area contributed by atoms with Gasteiger partial charge in [0.1, 0.15) is 17.5 Å². The first-order chi connectivity index (χ1) is 32.6. The van der Waals surface area contributed by atoms with Gasteiger partial charge in [0.05, 0.1) is 30.1 Å². The molecule has 3 aromatic carbocycles. The third-order valence-electron chi connectivity index (χ3n) is 14.5. The monoisotopic (exact) mass is 965 g/mol. The van der Waals surface area contributed by atoms with E-state index < -0.39 is 37.7 Å². The van der Waals surface area contributed by atoms with Crippen LogP contribution in [0.5, 0.6) is 5.75 Å². The number of nitrogens with zero attached hydrogens (tertiary/aromatic N) is 3. The summed E-state index contributed by atoms with van der Waals surface area (Å²) in [4.78, 5) is 75.1. The van der Waals surface area contributed by atoms with Crippen molar-refractivity contribution in [3.8, 4) is 5.75 Å². The van der Waals surface area contributed by atoms with Crippen molar-refractivity contribution in [2.75, 3.05) is 52.4 Å². The Morgan fingerprint density at radius 2 is 1.58 bits per heavy atom. The number of hydrogen-bond donors (Lipinski definition) is 4. The van der Waals surface area contributed by atoms with E-state index in [9.17, 15) is 29.1 Å². The van der Waals surface area contributed by atoms with Crippen molar-refractivity contribution < 1.29 is 38.2 Å². The Kier molecular flexibility index (Phi) is 15.6. The highest BCUT2D eigenvalue weighted by Gasteiger charge is 2.43. The number of aromatic amines is 1. The van der Waals surface area contributed by atoms with E-state index in [2.05, 4.69) is 54.4 Å². The standard InChI is InChI=1S/C53H72N6O9Si/c1-51(2,3)67-50(65)59(35-44(68-69(7,8)52(4,5)6)40-19-21-42(60)47-41(40)20-22-45(61)55-47)28-12-27-54-48(63)38-17-15-36(16-18-38)33-46(62)58-31-25-53(26-32-58,39-13-10-9-11-14-39)56-49(64)66-43-34-57-29-23-37(43)24-30-57/h9-11,13-22,37,43-44,60H,12,23-35H2,1-8H3,(H,54,63)(H,55,61)(H,56,64)/t43-,44-/m0/s1. The Balaban J connectivity index is 0.947. The fourth-order valence-corrected chi connectivity index (χ4v) is 10.7. The molecule has 4 amide bonds. The van der Waals surface area contributed by atoms with Gasteiger partial charge in [0.25, 0.3) is 5.91 Å². The van der Waals surface area contributed by atoms with E-state index in [4.69, 9.17) is 13.9 Å². The minimum atomic E-state index is -2.46. The summed E-state index contributed by atoms with van der Waals surface area (Å²) in [5.41, 5.74) is 1.44. The lowest BCUT2D eigenvalue weighted by Crippen LogP contribution is -2.57. The average molecular weight is 965 g/mol. The Labute approximate surface area is 407 Å². The SMILES string of the molecule is CC(C)(C)OC(=O)N(CCCNC(=O)c1ccc(CC(=O)N2CCC(NC(=O)O[C@H]3CN4CCC3CC4)(c3ccccc3)CC2)cc1)C[C@H](O[Si](C)(C)C(C)(C)C)c1ccc(O)c2[nH]c(=O)ccc12. The summed E-state index contributed by atoms with van der Waals surface area (Å²) < 4.78 is 18.9. The van der Waals surface area contributed by atoms with Crippen LogP contribution in [0.15, 0.2) is 83.7 Å². The number of nitrogens with one attached hydrogen (secondary N) is 3. The molecule has 69 heavy (non-hydrogen) atoms. The zero-order valence-electron chi connectivity index (χ0n) is 41.7. The molecule has 4 aliphatic heterocycles.